The number of hydrogen-bond acceptors (Lipinski definition) is 2. The average Bonchev–Trinajstić information content (AvgIpc) is 3.27. The average molecular weight is 362 g/mol. The summed E-state index contributed by atoms with van der Waals surface area (Å²) in [5.74, 6) is 0. The highest BCUT2D eigenvalue weighted by molar-refractivity contribution is 6.09. The van der Waals surface area contributed by atoms with Crippen molar-refractivity contribution in [1.82, 2.24) is 0 Å². The number of furan rings is 2. The van der Waals surface area contributed by atoms with Crippen molar-refractivity contribution in [3.63, 3.8) is 0 Å². The zero-order valence-electron chi connectivity index (χ0n) is 15.7. The molecule has 0 fully saturated rings. The second-order valence-electron chi connectivity index (χ2n) is 7.53. The minimum atomic E-state index is 0.929. The lowest BCUT2D eigenvalue weighted by molar-refractivity contribution is 0.665. The summed E-state index contributed by atoms with van der Waals surface area (Å²) < 4.78 is 12.2. The zero-order valence-corrected chi connectivity index (χ0v) is 15.7. The van der Waals surface area contributed by atoms with Gasteiger partial charge < -0.3 is 8.83 Å². The molecule has 0 aliphatic rings. The van der Waals surface area contributed by atoms with Crippen molar-refractivity contribution >= 4 is 43.9 Å². The van der Waals surface area contributed by atoms with Crippen LogP contribution in [0.4, 0.5) is 0 Å². The first-order valence-electron chi connectivity index (χ1n) is 9.53. The van der Waals surface area contributed by atoms with Crippen LogP contribution < -0.4 is 0 Å². The molecule has 0 spiro atoms. The van der Waals surface area contributed by atoms with Crippen molar-refractivity contribution in [2.75, 3.05) is 0 Å². The molecule has 0 aliphatic heterocycles. The topological polar surface area (TPSA) is 26.3 Å². The maximum absolute atomic E-state index is 6.09. The Labute approximate surface area is 162 Å². The minimum absolute atomic E-state index is 0.929. The standard InChI is InChI=1S/C26H18O2/c1-15-5-3-7-19-21-13-17(9-11-23(21)27-25(15)19)18-10-12-24-22(14-18)20-8-4-6-16(2)26(20)28-24/h3-14H,1-2H3. The van der Waals surface area contributed by atoms with Gasteiger partial charge in [0.15, 0.2) is 0 Å². The van der Waals surface area contributed by atoms with Gasteiger partial charge in [-0.15, -0.1) is 0 Å². The molecule has 0 saturated heterocycles. The van der Waals surface area contributed by atoms with Crippen molar-refractivity contribution in [2.24, 2.45) is 0 Å². The van der Waals surface area contributed by atoms with E-state index in [9.17, 15) is 0 Å². The predicted octanol–water partition coefficient (Wildman–Crippen LogP) is 7.77. The molecule has 0 bridgehead atoms. The van der Waals surface area contributed by atoms with E-state index in [0.717, 1.165) is 44.2 Å². The van der Waals surface area contributed by atoms with Gasteiger partial charge in [0, 0.05) is 21.5 Å². The first-order valence-corrected chi connectivity index (χ1v) is 9.53. The van der Waals surface area contributed by atoms with Crippen molar-refractivity contribution in [3.05, 3.63) is 83.9 Å². The van der Waals surface area contributed by atoms with Crippen LogP contribution in [-0.4, -0.2) is 0 Å². The first kappa shape index (κ1) is 15.5. The molecule has 0 N–H and O–H groups in total. The molecule has 6 rings (SSSR count). The Bertz CT molecular complexity index is 1410. The van der Waals surface area contributed by atoms with Crippen molar-refractivity contribution in [3.8, 4) is 11.1 Å². The van der Waals surface area contributed by atoms with Crippen LogP contribution in [0.25, 0.3) is 55.0 Å². The first-order chi connectivity index (χ1) is 13.7. The molecule has 0 aliphatic carbocycles. The summed E-state index contributed by atoms with van der Waals surface area (Å²) in [4.78, 5) is 0. The normalized spacial score (nSPS) is 11.9. The lowest BCUT2D eigenvalue weighted by atomic mass is 10.00. The van der Waals surface area contributed by atoms with Crippen LogP contribution >= 0.6 is 0 Å². The van der Waals surface area contributed by atoms with Gasteiger partial charge in [-0.3, -0.25) is 0 Å². The molecule has 0 amide bonds. The Hall–Kier alpha value is -3.52. The molecule has 0 atom stereocenters. The molecular formula is C26H18O2. The van der Waals surface area contributed by atoms with Crippen LogP contribution in [0.3, 0.4) is 0 Å². The van der Waals surface area contributed by atoms with Gasteiger partial charge in [0.25, 0.3) is 0 Å². The quantitative estimate of drug-likeness (QED) is 0.299. The Morgan fingerprint density at radius 1 is 0.500 bits per heavy atom. The second-order valence-corrected chi connectivity index (χ2v) is 7.53. The van der Waals surface area contributed by atoms with E-state index in [4.69, 9.17) is 8.83 Å². The fraction of sp³-hybridized carbons (Fsp3) is 0.0769. The molecule has 0 radical (unpaired) electrons. The fourth-order valence-electron chi connectivity index (χ4n) is 4.24. The predicted molar refractivity (Wildman–Crippen MR) is 116 cm³/mol. The zero-order chi connectivity index (χ0) is 18.8. The fourth-order valence-corrected chi connectivity index (χ4v) is 4.24. The molecule has 2 nitrogen and oxygen atoms in total. The van der Waals surface area contributed by atoms with Gasteiger partial charge in [-0.25, -0.2) is 0 Å². The Morgan fingerprint density at radius 3 is 1.43 bits per heavy atom. The summed E-state index contributed by atoms with van der Waals surface area (Å²) in [7, 11) is 0. The van der Waals surface area contributed by atoms with Crippen LogP contribution in [0.1, 0.15) is 11.1 Å². The Kier molecular flexibility index (Phi) is 3.05. The number of fused-ring (bicyclic) bond motifs is 6. The van der Waals surface area contributed by atoms with E-state index in [1.165, 1.54) is 21.9 Å². The maximum atomic E-state index is 6.09. The van der Waals surface area contributed by atoms with Crippen molar-refractivity contribution in [1.29, 1.82) is 0 Å². The highest BCUT2D eigenvalue weighted by atomic mass is 16.3. The highest BCUT2D eigenvalue weighted by Crippen LogP contribution is 2.36. The Balaban J connectivity index is 1.61. The van der Waals surface area contributed by atoms with E-state index in [2.05, 4.69) is 86.6 Å². The molecule has 0 saturated carbocycles. The van der Waals surface area contributed by atoms with Gasteiger partial charge >= 0.3 is 0 Å². The van der Waals surface area contributed by atoms with Gasteiger partial charge in [0.05, 0.1) is 0 Å². The van der Waals surface area contributed by atoms with Crippen LogP contribution in [0.2, 0.25) is 0 Å². The van der Waals surface area contributed by atoms with Crippen LogP contribution in [0.15, 0.2) is 81.6 Å². The maximum Gasteiger partial charge on any atom is 0.138 e. The number of hydrogen-bond donors (Lipinski definition) is 0. The van der Waals surface area contributed by atoms with E-state index in [1.54, 1.807) is 0 Å². The minimum Gasteiger partial charge on any atom is -0.456 e. The summed E-state index contributed by atoms with van der Waals surface area (Å²) in [6.45, 7) is 4.18. The monoisotopic (exact) mass is 362 g/mol. The van der Waals surface area contributed by atoms with Gasteiger partial charge in [-0.2, -0.15) is 0 Å². The molecule has 2 heterocycles. The molecule has 0 unspecified atom stereocenters. The smallest absolute Gasteiger partial charge is 0.138 e. The molecule has 28 heavy (non-hydrogen) atoms. The third kappa shape index (κ3) is 2.09. The highest BCUT2D eigenvalue weighted by Gasteiger charge is 2.12. The number of benzene rings is 4. The summed E-state index contributed by atoms with van der Waals surface area (Å²) in [6.07, 6.45) is 0. The van der Waals surface area contributed by atoms with Crippen molar-refractivity contribution in [2.45, 2.75) is 13.8 Å². The van der Waals surface area contributed by atoms with E-state index >= 15 is 0 Å². The summed E-state index contributed by atoms with van der Waals surface area (Å²) in [6, 6.07) is 25.5. The molecule has 2 aromatic heterocycles. The van der Waals surface area contributed by atoms with Gasteiger partial charge in [-0.1, -0.05) is 48.5 Å². The number of aryl methyl sites for hydroxylation is 2. The second kappa shape index (κ2) is 5.49. The van der Waals surface area contributed by atoms with Crippen LogP contribution in [0, 0.1) is 13.8 Å². The number of para-hydroxylation sites is 2. The molecule has 6 aromatic rings. The third-order valence-electron chi connectivity index (χ3n) is 5.72. The van der Waals surface area contributed by atoms with Gasteiger partial charge in [0.2, 0.25) is 0 Å². The summed E-state index contributed by atoms with van der Waals surface area (Å²) in [5, 5.41) is 4.65. The van der Waals surface area contributed by atoms with E-state index in [0.29, 0.717) is 0 Å². The van der Waals surface area contributed by atoms with Gasteiger partial charge in [0.1, 0.15) is 22.3 Å². The molecule has 2 heteroatoms. The van der Waals surface area contributed by atoms with Crippen molar-refractivity contribution < 1.29 is 8.83 Å². The lowest BCUT2D eigenvalue weighted by Crippen LogP contribution is -1.78. The number of rotatable bonds is 1. The van der Waals surface area contributed by atoms with Crippen LogP contribution in [-0.2, 0) is 0 Å². The largest absolute Gasteiger partial charge is 0.456 e. The molecule has 134 valence electrons. The lowest BCUT2D eigenvalue weighted by Gasteiger charge is -2.02. The SMILES string of the molecule is Cc1cccc2c1oc1ccc(-c3ccc4oc5c(C)cccc5c4c3)cc12. The van der Waals surface area contributed by atoms with E-state index in [1.807, 2.05) is 0 Å². The Morgan fingerprint density at radius 2 is 0.964 bits per heavy atom. The van der Waals surface area contributed by atoms with E-state index in [-0.39, 0.29) is 0 Å². The third-order valence-corrected chi connectivity index (χ3v) is 5.72. The summed E-state index contributed by atoms with van der Waals surface area (Å²) >= 11 is 0. The molecular weight excluding hydrogens is 344 g/mol. The van der Waals surface area contributed by atoms with Crippen LogP contribution in [0.5, 0.6) is 0 Å². The summed E-state index contributed by atoms with van der Waals surface area (Å²) in [5.41, 5.74) is 8.50. The van der Waals surface area contributed by atoms with Gasteiger partial charge in [-0.05, 0) is 60.4 Å². The van der Waals surface area contributed by atoms with E-state index < -0.39 is 0 Å². The molecule has 4 aromatic carbocycles.